The van der Waals surface area contributed by atoms with Gasteiger partial charge in [-0.15, -0.1) is 5.10 Å². The van der Waals surface area contributed by atoms with Crippen molar-refractivity contribution in [3.05, 3.63) is 48.2 Å². The third-order valence-electron chi connectivity index (χ3n) is 2.99. The highest BCUT2D eigenvalue weighted by molar-refractivity contribution is 5.15. The monoisotopic (exact) mass is 289 g/mol. The van der Waals surface area contributed by atoms with Crippen LogP contribution in [0.1, 0.15) is 19.4 Å². The van der Waals surface area contributed by atoms with E-state index in [9.17, 15) is 5.11 Å². The molecule has 2 N–H and O–H groups in total. The van der Waals surface area contributed by atoms with Crippen LogP contribution < -0.4 is 10.1 Å². The van der Waals surface area contributed by atoms with Crippen LogP contribution in [0.25, 0.3) is 0 Å². The molecule has 2 rings (SSSR count). The van der Waals surface area contributed by atoms with Gasteiger partial charge < -0.3 is 15.2 Å². The van der Waals surface area contributed by atoms with Gasteiger partial charge in [-0.1, -0.05) is 44.2 Å². The molecule has 0 aliphatic rings. The highest BCUT2D eigenvalue weighted by Crippen LogP contribution is 2.08. The van der Waals surface area contributed by atoms with Crippen LogP contribution in [0.5, 0.6) is 5.88 Å². The van der Waals surface area contributed by atoms with Crippen LogP contribution >= 0.6 is 0 Å². The minimum atomic E-state index is -0.535. The number of nitrogens with one attached hydrogen (secondary N) is 1. The van der Waals surface area contributed by atoms with Gasteiger partial charge in [0, 0.05) is 24.8 Å². The molecule has 114 valence electrons. The summed E-state index contributed by atoms with van der Waals surface area (Å²) in [5.41, 5.74) is 1.19. The van der Waals surface area contributed by atoms with Crippen LogP contribution in [-0.4, -0.2) is 40.2 Å². The summed E-state index contributed by atoms with van der Waals surface area (Å²) in [6.45, 7) is 5.55. The Morgan fingerprint density at radius 2 is 2.00 bits per heavy atom. The predicted molar refractivity (Wildman–Crippen MR) is 82.4 cm³/mol. The molecule has 2 aromatic rings. The summed E-state index contributed by atoms with van der Waals surface area (Å²) in [4.78, 5) is 0. The van der Waals surface area contributed by atoms with Crippen LogP contribution in [0.3, 0.4) is 0 Å². The highest BCUT2D eigenvalue weighted by Gasteiger charge is 2.07. The first-order chi connectivity index (χ1) is 10.1. The average Bonchev–Trinajstić information content (AvgIpc) is 2.91. The van der Waals surface area contributed by atoms with Gasteiger partial charge in [-0.05, 0) is 5.56 Å². The number of benzene rings is 1. The molecule has 0 bridgehead atoms. The molecular weight excluding hydrogens is 266 g/mol. The van der Waals surface area contributed by atoms with E-state index in [0.717, 1.165) is 0 Å². The first-order valence-corrected chi connectivity index (χ1v) is 7.25. The number of aromatic nitrogens is 2. The van der Waals surface area contributed by atoms with Crippen molar-refractivity contribution in [2.75, 3.05) is 13.2 Å². The molecule has 0 aliphatic heterocycles. The van der Waals surface area contributed by atoms with E-state index in [1.54, 1.807) is 0 Å². The van der Waals surface area contributed by atoms with Crippen molar-refractivity contribution < 1.29 is 9.84 Å². The van der Waals surface area contributed by atoms with Crippen molar-refractivity contribution in [1.82, 2.24) is 15.1 Å². The standard InChI is InChI=1S/C16H23N3O2/c1-13(2)17-10-15(20)12-21-16-8-9-19(18-16)11-14-6-4-3-5-7-14/h3-9,13,15,17,20H,10-12H2,1-2H3. The summed E-state index contributed by atoms with van der Waals surface area (Å²) < 4.78 is 7.32. The van der Waals surface area contributed by atoms with Crippen LogP contribution in [0.2, 0.25) is 0 Å². The van der Waals surface area contributed by atoms with E-state index in [4.69, 9.17) is 4.74 Å². The molecule has 5 heteroatoms. The Bertz CT molecular complexity index is 525. The highest BCUT2D eigenvalue weighted by atomic mass is 16.5. The minimum absolute atomic E-state index is 0.238. The Hall–Kier alpha value is -1.85. The average molecular weight is 289 g/mol. The number of rotatable bonds is 8. The first kappa shape index (κ1) is 15.5. The van der Waals surface area contributed by atoms with Crippen molar-refractivity contribution in [3.8, 4) is 5.88 Å². The zero-order chi connectivity index (χ0) is 15.1. The molecular formula is C16H23N3O2. The molecule has 0 saturated heterocycles. The first-order valence-electron chi connectivity index (χ1n) is 7.25. The van der Waals surface area contributed by atoms with E-state index in [0.29, 0.717) is 25.0 Å². The lowest BCUT2D eigenvalue weighted by Crippen LogP contribution is -2.35. The van der Waals surface area contributed by atoms with Crippen molar-refractivity contribution >= 4 is 0 Å². The predicted octanol–water partition coefficient (Wildman–Crippen LogP) is 1.67. The van der Waals surface area contributed by atoms with Crippen LogP contribution in [0.15, 0.2) is 42.6 Å². The number of aliphatic hydroxyl groups excluding tert-OH is 1. The quantitative estimate of drug-likeness (QED) is 0.776. The lowest BCUT2D eigenvalue weighted by atomic mass is 10.2. The molecule has 1 heterocycles. The molecule has 0 radical (unpaired) electrons. The number of nitrogens with zero attached hydrogens (tertiary/aromatic N) is 2. The second-order valence-corrected chi connectivity index (χ2v) is 5.36. The third kappa shape index (κ3) is 5.57. The molecule has 1 aromatic heterocycles. The van der Waals surface area contributed by atoms with E-state index >= 15 is 0 Å². The lowest BCUT2D eigenvalue weighted by molar-refractivity contribution is 0.102. The Morgan fingerprint density at radius 1 is 1.24 bits per heavy atom. The van der Waals surface area contributed by atoms with Crippen LogP contribution in [0, 0.1) is 0 Å². The smallest absolute Gasteiger partial charge is 0.232 e. The van der Waals surface area contributed by atoms with Gasteiger partial charge in [-0.25, -0.2) is 0 Å². The number of aliphatic hydroxyl groups is 1. The van der Waals surface area contributed by atoms with Gasteiger partial charge in [0.2, 0.25) is 5.88 Å². The van der Waals surface area contributed by atoms with Gasteiger partial charge in [0.15, 0.2) is 0 Å². The van der Waals surface area contributed by atoms with Crippen LogP contribution in [0.4, 0.5) is 0 Å². The number of hydrogen-bond donors (Lipinski definition) is 2. The van der Waals surface area contributed by atoms with Gasteiger partial charge in [0.1, 0.15) is 12.7 Å². The summed E-state index contributed by atoms with van der Waals surface area (Å²) in [7, 11) is 0. The summed E-state index contributed by atoms with van der Waals surface area (Å²) >= 11 is 0. The van der Waals surface area contributed by atoms with Crippen molar-refractivity contribution in [2.24, 2.45) is 0 Å². The molecule has 21 heavy (non-hydrogen) atoms. The van der Waals surface area contributed by atoms with E-state index in [2.05, 4.69) is 22.5 Å². The maximum absolute atomic E-state index is 9.78. The fraction of sp³-hybridized carbons (Fsp3) is 0.438. The van der Waals surface area contributed by atoms with Gasteiger partial charge >= 0.3 is 0 Å². The summed E-state index contributed by atoms with van der Waals surface area (Å²) in [5.74, 6) is 0.537. The van der Waals surface area contributed by atoms with Gasteiger partial charge in [0.05, 0.1) is 6.54 Å². The zero-order valence-electron chi connectivity index (χ0n) is 12.6. The molecule has 5 nitrogen and oxygen atoms in total. The summed E-state index contributed by atoms with van der Waals surface area (Å²) in [5, 5.41) is 17.3. The fourth-order valence-corrected chi connectivity index (χ4v) is 1.89. The van der Waals surface area contributed by atoms with Crippen molar-refractivity contribution in [2.45, 2.75) is 32.5 Å². The van der Waals surface area contributed by atoms with Crippen LogP contribution in [-0.2, 0) is 6.54 Å². The Balaban J connectivity index is 1.78. The van der Waals surface area contributed by atoms with Crippen molar-refractivity contribution in [3.63, 3.8) is 0 Å². The molecule has 0 fully saturated rings. The number of hydrogen-bond acceptors (Lipinski definition) is 4. The van der Waals surface area contributed by atoms with Gasteiger partial charge in [-0.3, -0.25) is 4.68 Å². The Morgan fingerprint density at radius 3 is 2.71 bits per heavy atom. The van der Waals surface area contributed by atoms with Gasteiger partial charge in [0.25, 0.3) is 0 Å². The van der Waals surface area contributed by atoms with E-state index in [-0.39, 0.29) is 6.61 Å². The molecule has 1 atom stereocenters. The second-order valence-electron chi connectivity index (χ2n) is 5.36. The lowest BCUT2D eigenvalue weighted by Gasteiger charge is -2.13. The Labute approximate surface area is 125 Å². The maximum Gasteiger partial charge on any atom is 0.232 e. The molecule has 0 saturated carbocycles. The topological polar surface area (TPSA) is 59.3 Å². The molecule has 0 amide bonds. The molecule has 0 spiro atoms. The van der Waals surface area contributed by atoms with E-state index in [1.807, 2.05) is 49.0 Å². The Kier molecular flexibility index (Phi) is 5.78. The normalized spacial score (nSPS) is 12.6. The summed E-state index contributed by atoms with van der Waals surface area (Å²) in [6, 6.07) is 12.3. The third-order valence-corrected chi connectivity index (χ3v) is 2.99. The van der Waals surface area contributed by atoms with E-state index < -0.39 is 6.10 Å². The molecule has 1 unspecified atom stereocenters. The fourth-order valence-electron chi connectivity index (χ4n) is 1.89. The SMILES string of the molecule is CC(C)NCC(O)COc1ccn(Cc2ccccc2)n1. The molecule has 0 aliphatic carbocycles. The zero-order valence-corrected chi connectivity index (χ0v) is 12.6. The van der Waals surface area contributed by atoms with Gasteiger partial charge in [-0.2, -0.15) is 0 Å². The molecule has 1 aromatic carbocycles. The minimum Gasteiger partial charge on any atom is -0.474 e. The largest absolute Gasteiger partial charge is 0.474 e. The second kappa shape index (κ2) is 7.81. The van der Waals surface area contributed by atoms with Crippen molar-refractivity contribution in [1.29, 1.82) is 0 Å². The maximum atomic E-state index is 9.78. The summed E-state index contributed by atoms with van der Waals surface area (Å²) in [6.07, 6.45) is 1.34. The van der Waals surface area contributed by atoms with E-state index in [1.165, 1.54) is 5.56 Å². The number of ether oxygens (including phenoxy) is 1.